The number of nitrogens with zero attached hydrogens (tertiary/aromatic N) is 2. The van der Waals surface area contributed by atoms with E-state index in [4.69, 9.17) is 10.7 Å². The van der Waals surface area contributed by atoms with Gasteiger partial charge >= 0.3 is 6.03 Å². The maximum Gasteiger partial charge on any atom is 0.314 e. The van der Waals surface area contributed by atoms with Gasteiger partial charge in [0.25, 0.3) is 0 Å². The van der Waals surface area contributed by atoms with Crippen LogP contribution in [-0.4, -0.2) is 49.1 Å². The van der Waals surface area contributed by atoms with Crippen molar-refractivity contribution >= 4 is 23.3 Å². The molecule has 0 spiro atoms. The molecule has 0 aromatic carbocycles. The quantitative estimate of drug-likeness (QED) is 0.561. The summed E-state index contributed by atoms with van der Waals surface area (Å²) < 4.78 is 0. The smallest absolute Gasteiger partial charge is 0.314 e. The molecule has 1 aliphatic rings. The molecule has 1 fully saturated rings. The van der Waals surface area contributed by atoms with Crippen LogP contribution in [-0.2, 0) is 5.41 Å². The fourth-order valence-electron chi connectivity index (χ4n) is 2.78. The highest BCUT2D eigenvalue weighted by atomic mass is 32.1. The van der Waals surface area contributed by atoms with Gasteiger partial charge in [-0.3, -0.25) is 4.99 Å². The van der Waals surface area contributed by atoms with Gasteiger partial charge in [0.2, 0.25) is 0 Å². The van der Waals surface area contributed by atoms with Crippen molar-refractivity contribution < 1.29 is 4.79 Å². The van der Waals surface area contributed by atoms with E-state index in [2.05, 4.69) is 48.9 Å². The first-order valence-electron chi connectivity index (χ1n) is 8.55. The molecule has 7 heteroatoms. The zero-order valence-corrected chi connectivity index (χ0v) is 15.7. The zero-order valence-electron chi connectivity index (χ0n) is 14.8. The summed E-state index contributed by atoms with van der Waals surface area (Å²) in [4.78, 5) is 19.0. The van der Waals surface area contributed by atoms with E-state index in [-0.39, 0.29) is 11.4 Å². The molecule has 1 aromatic heterocycles. The van der Waals surface area contributed by atoms with Crippen molar-refractivity contribution in [2.75, 3.05) is 26.2 Å². The van der Waals surface area contributed by atoms with Gasteiger partial charge in [-0.1, -0.05) is 19.9 Å². The number of aliphatic imine (C=N–C) groups is 1. The molecule has 134 valence electrons. The number of nitrogens with one attached hydrogen (secondary N) is 2. The molecule has 6 nitrogen and oxygen atoms in total. The van der Waals surface area contributed by atoms with Gasteiger partial charge in [0.05, 0.1) is 6.54 Å². The number of thiophene rings is 1. The second-order valence-electron chi connectivity index (χ2n) is 6.80. The van der Waals surface area contributed by atoms with E-state index in [1.165, 1.54) is 4.88 Å². The van der Waals surface area contributed by atoms with Crippen molar-refractivity contribution in [1.82, 2.24) is 15.5 Å². The van der Waals surface area contributed by atoms with Crippen LogP contribution < -0.4 is 16.4 Å². The Morgan fingerprint density at radius 2 is 2.17 bits per heavy atom. The molecule has 0 unspecified atom stereocenters. The van der Waals surface area contributed by atoms with Crippen molar-refractivity contribution in [3.8, 4) is 0 Å². The zero-order chi connectivity index (χ0) is 17.6. The monoisotopic (exact) mass is 351 g/mol. The number of urea groups is 1. The number of likely N-dealkylation sites (tertiary alicyclic amines) is 1. The van der Waals surface area contributed by atoms with Crippen LogP contribution in [0.1, 0.15) is 38.5 Å². The van der Waals surface area contributed by atoms with Crippen LogP contribution in [0, 0.1) is 0 Å². The average molecular weight is 352 g/mol. The molecule has 0 atom stereocenters. The highest BCUT2D eigenvalue weighted by Crippen LogP contribution is 2.27. The van der Waals surface area contributed by atoms with E-state index in [0.717, 1.165) is 31.9 Å². The molecule has 0 aliphatic carbocycles. The second-order valence-corrected chi connectivity index (χ2v) is 7.75. The lowest BCUT2D eigenvalue weighted by Gasteiger charge is -2.32. The second kappa shape index (κ2) is 8.37. The molecule has 2 amide bonds. The number of carbonyl (C=O) groups is 1. The SMILES string of the molecule is CCNC(=NCC(C)(C)c1cccs1)NC1CCN(C(N)=O)CC1. The van der Waals surface area contributed by atoms with E-state index in [9.17, 15) is 4.79 Å². The number of hydrogen-bond acceptors (Lipinski definition) is 3. The van der Waals surface area contributed by atoms with Crippen molar-refractivity contribution in [3.63, 3.8) is 0 Å². The fourth-order valence-corrected chi connectivity index (χ4v) is 3.62. The van der Waals surface area contributed by atoms with E-state index >= 15 is 0 Å². The maximum absolute atomic E-state index is 11.2. The van der Waals surface area contributed by atoms with Crippen LogP contribution in [0.15, 0.2) is 22.5 Å². The Balaban J connectivity index is 1.93. The predicted molar refractivity (Wildman–Crippen MR) is 101 cm³/mol. The molecular formula is C17H29N5OS. The average Bonchev–Trinajstić information content (AvgIpc) is 3.09. The number of nitrogens with two attached hydrogens (primary N) is 1. The maximum atomic E-state index is 11.2. The van der Waals surface area contributed by atoms with Crippen molar-refractivity contribution in [1.29, 1.82) is 0 Å². The van der Waals surface area contributed by atoms with Crippen LogP contribution in [0.25, 0.3) is 0 Å². The number of amides is 2. The van der Waals surface area contributed by atoms with Crippen molar-refractivity contribution in [2.45, 2.75) is 45.1 Å². The largest absolute Gasteiger partial charge is 0.357 e. The van der Waals surface area contributed by atoms with Gasteiger partial charge in [0.1, 0.15) is 0 Å². The van der Waals surface area contributed by atoms with Gasteiger partial charge in [0.15, 0.2) is 5.96 Å². The molecule has 2 rings (SSSR count). The molecular weight excluding hydrogens is 322 g/mol. The fraction of sp³-hybridized carbons (Fsp3) is 0.647. The van der Waals surface area contributed by atoms with Crippen LogP contribution in [0.4, 0.5) is 4.79 Å². The normalized spacial score (nSPS) is 17.0. The minimum absolute atomic E-state index is 0.0197. The van der Waals surface area contributed by atoms with Gasteiger partial charge < -0.3 is 21.3 Å². The standard InChI is InChI=1S/C17H29N5OS/c1-4-19-16(20-12-17(2,3)14-6-5-11-24-14)21-13-7-9-22(10-8-13)15(18)23/h5-6,11,13H,4,7-10,12H2,1-3H3,(H2,18,23)(H2,19,20,21). The Morgan fingerprint density at radius 1 is 1.46 bits per heavy atom. The van der Waals surface area contributed by atoms with Gasteiger partial charge in [-0.2, -0.15) is 0 Å². The molecule has 4 N–H and O–H groups in total. The van der Waals surface area contributed by atoms with Crippen LogP contribution in [0.5, 0.6) is 0 Å². The van der Waals surface area contributed by atoms with Crippen LogP contribution >= 0.6 is 11.3 Å². The summed E-state index contributed by atoms with van der Waals surface area (Å²) >= 11 is 1.77. The number of carbonyl (C=O) groups excluding carboxylic acids is 1. The summed E-state index contributed by atoms with van der Waals surface area (Å²) in [5.41, 5.74) is 5.35. The Labute approximate surface area is 148 Å². The molecule has 0 saturated carbocycles. The summed E-state index contributed by atoms with van der Waals surface area (Å²) in [7, 11) is 0. The third-order valence-electron chi connectivity index (χ3n) is 4.31. The topological polar surface area (TPSA) is 82.8 Å². The number of hydrogen-bond donors (Lipinski definition) is 3. The Bertz CT molecular complexity index is 547. The summed E-state index contributed by atoms with van der Waals surface area (Å²) in [6, 6.07) is 4.25. The van der Waals surface area contributed by atoms with Crippen molar-refractivity contribution in [2.24, 2.45) is 10.7 Å². The number of primary amides is 1. The first-order valence-corrected chi connectivity index (χ1v) is 9.43. The third-order valence-corrected chi connectivity index (χ3v) is 5.55. The van der Waals surface area contributed by atoms with E-state index in [1.54, 1.807) is 16.2 Å². The third kappa shape index (κ3) is 5.12. The molecule has 2 heterocycles. The van der Waals surface area contributed by atoms with E-state index in [0.29, 0.717) is 19.1 Å². The Hall–Kier alpha value is -1.76. The molecule has 0 bridgehead atoms. The molecule has 24 heavy (non-hydrogen) atoms. The lowest BCUT2D eigenvalue weighted by molar-refractivity contribution is 0.188. The van der Waals surface area contributed by atoms with Crippen LogP contribution in [0.3, 0.4) is 0 Å². The van der Waals surface area contributed by atoms with Gasteiger partial charge in [0, 0.05) is 36.0 Å². The summed E-state index contributed by atoms with van der Waals surface area (Å²) in [6.45, 7) is 9.46. The first kappa shape index (κ1) is 18.6. The molecule has 0 radical (unpaired) electrons. The minimum Gasteiger partial charge on any atom is -0.357 e. The van der Waals surface area contributed by atoms with Gasteiger partial charge in [-0.25, -0.2) is 4.79 Å². The molecule has 1 aliphatic heterocycles. The Kier molecular flexibility index (Phi) is 6.48. The van der Waals surface area contributed by atoms with E-state index in [1.807, 2.05) is 0 Å². The predicted octanol–water partition coefficient (Wildman–Crippen LogP) is 2.12. The van der Waals surface area contributed by atoms with E-state index < -0.39 is 0 Å². The number of guanidine groups is 1. The van der Waals surface area contributed by atoms with Crippen LogP contribution in [0.2, 0.25) is 0 Å². The van der Waals surface area contributed by atoms with Gasteiger partial charge in [-0.05, 0) is 31.2 Å². The highest BCUT2D eigenvalue weighted by molar-refractivity contribution is 7.10. The summed E-state index contributed by atoms with van der Waals surface area (Å²) in [6.07, 6.45) is 1.78. The summed E-state index contributed by atoms with van der Waals surface area (Å²) in [5.74, 6) is 0.847. The Morgan fingerprint density at radius 3 is 2.71 bits per heavy atom. The minimum atomic E-state index is -0.327. The lowest BCUT2D eigenvalue weighted by Crippen LogP contribution is -2.51. The molecule has 1 saturated heterocycles. The first-order chi connectivity index (χ1) is 11.4. The molecule has 1 aromatic rings. The number of piperidine rings is 1. The van der Waals surface area contributed by atoms with Crippen molar-refractivity contribution in [3.05, 3.63) is 22.4 Å². The lowest BCUT2D eigenvalue weighted by atomic mass is 9.92. The van der Waals surface area contributed by atoms with Gasteiger partial charge in [-0.15, -0.1) is 11.3 Å². The summed E-state index contributed by atoms with van der Waals surface area (Å²) in [5, 5.41) is 8.92. The number of rotatable bonds is 5. The highest BCUT2D eigenvalue weighted by Gasteiger charge is 2.24.